The molecule has 0 aliphatic carbocycles. The van der Waals surface area contributed by atoms with Crippen LogP contribution in [0.25, 0.3) is 11.4 Å². The molecule has 7 nitrogen and oxygen atoms in total. The fourth-order valence-corrected chi connectivity index (χ4v) is 3.92. The Morgan fingerprint density at radius 3 is 2.71 bits per heavy atom. The number of methoxy groups -OCH3 is 1. The lowest BCUT2D eigenvalue weighted by Crippen LogP contribution is -2.05. The van der Waals surface area contributed by atoms with Crippen molar-refractivity contribution in [2.75, 3.05) is 13.7 Å². The molecule has 0 bridgehead atoms. The molecule has 10 heteroatoms. The summed E-state index contributed by atoms with van der Waals surface area (Å²) in [4.78, 5) is 11.4. The first kappa shape index (κ1) is 20.6. The number of nitro benzene ring substituents is 1. The highest BCUT2D eigenvalue weighted by Crippen LogP contribution is 2.37. The van der Waals surface area contributed by atoms with Gasteiger partial charge in [-0.1, -0.05) is 35.3 Å². The van der Waals surface area contributed by atoms with Gasteiger partial charge in [-0.2, -0.15) is 0 Å². The van der Waals surface area contributed by atoms with Gasteiger partial charge in [0, 0.05) is 36.9 Å². The molecule has 1 aromatic heterocycles. The molecule has 146 valence electrons. The lowest BCUT2D eigenvalue weighted by Gasteiger charge is -2.11. The molecule has 3 rings (SSSR count). The quantitative estimate of drug-likeness (QED) is 0.267. The molecule has 28 heavy (non-hydrogen) atoms. The van der Waals surface area contributed by atoms with E-state index < -0.39 is 4.92 Å². The number of hydrogen-bond donors (Lipinski definition) is 0. The van der Waals surface area contributed by atoms with Gasteiger partial charge in [0.25, 0.3) is 5.69 Å². The smallest absolute Gasteiger partial charge is 0.284 e. The van der Waals surface area contributed by atoms with Crippen LogP contribution in [0.15, 0.2) is 52.5 Å². The topological polar surface area (TPSA) is 83.1 Å². The lowest BCUT2D eigenvalue weighted by atomic mass is 10.2. The fraction of sp³-hybridized carbons (Fsp3) is 0.222. The molecule has 0 saturated heterocycles. The van der Waals surface area contributed by atoms with Gasteiger partial charge in [0.05, 0.1) is 14.8 Å². The molecule has 3 aromatic rings. The Morgan fingerprint density at radius 1 is 1.21 bits per heavy atom. The van der Waals surface area contributed by atoms with Crippen LogP contribution in [0.3, 0.4) is 0 Å². The molecule has 0 fully saturated rings. The third kappa shape index (κ3) is 4.64. The second-order valence-corrected chi connectivity index (χ2v) is 7.61. The summed E-state index contributed by atoms with van der Waals surface area (Å²) in [6.07, 6.45) is 0.724. The molecular formula is C18H16Cl2N4O3S. The van der Waals surface area contributed by atoms with Crippen molar-refractivity contribution in [1.29, 1.82) is 0 Å². The zero-order valence-electron chi connectivity index (χ0n) is 14.8. The van der Waals surface area contributed by atoms with E-state index in [-0.39, 0.29) is 5.69 Å². The third-order valence-corrected chi connectivity index (χ3v) is 5.50. The minimum atomic E-state index is -0.463. The van der Waals surface area contributed by atoms with Gasteiger partial charge in [0.1, 0.15) is 0 Å². The van der Waals surface area contributed by atoms with E-state index in [2.05, 4.69) is 10.2 Å². The van der Waals surface area contributed by atoms with Gasteiger partial charge in [-0.15, -0.1) is 10.2 Å². The SMILES string of the molecule is COCCCn1c(Sc2ccc(Cl)cc2[N+](=O)[O-])nnc1-c1ccccc1Cl. The summed E-state index contributed by atoms with van der Waals surface area (Å²) in [5.74, 6) is 0.598. The van der Waals surface area contributed by atoms with Crippen molar-refractivity contribution in [3.63, 3.8) is 0 Å². The van der Waals surface area contributed by atoms with Gasteiger partial charge in [-0.05, 0) is 42.4 Å². The Morgan fingerprint density at radius 2 is 2.00 bits per heavy atom. The van der Waals surface area contributed by atoms with Crippen molar-refractivity contribution in [1.82, 2.24) is 14.8 Å². The van der Waals surface area contributed by atoms with E-state index in [4.69, 9.17) is 27.9 Å². The van der Waals surface area contributed by atoms with E-state index in [1.54, 1.807) is 25.3 Å². The lowest BCUT2D eigenvalue weighted by molar-refractivity contribution is -0.387. The van der Waals surface area contributed by atoms with Crippen LogP contribution < -0.4 is 0 Å². The predicted octanol–water partition coefficient (Wildman–Crippen LogP) is 5.35. The van der Waals surface area contributed by atoms with Crippen molar-refractivity contribution in [2.24, 2.45) is 0 Å². The van der Waals surface area contributed by atoms with E-state index in [1.165, 1.54) is 6.07 Å². The van der Waals surface area contributed by atoms with E-state index in [0.29, 0.717) is 39.1 Å². The average Bonchev–Trinajstić information content (AvgIpc) is 3.06. The molecule has 0 spiro atoms. The molecule has 0 atom stereocenters. The van der Waals surface area contributed by atoms with Crippen molar-refractivity contribution in [3.05, 3.63) is 62.6 Å². The van der Waals surface area contributed by atoms with E-state index in [9.17, 15) is 10.1 Å². The Labute approximate surface area is 175 Å². The van der Waals surface area contributed by atoms with Crippen LogP contribution in [0.1, 0.15) is 6.42 Å². The average molecular weight is 439 g/mol. The highest BCUT2D eigenvalue weighted by molar-refractivity contribution is 7.99. The summed E-state index contributed by atoms with van der Waals surface area (Å²) in [5.41, 5.74) is 0.662. The molecule has 0 aliphatic rings. The van der Waals surface area contributed by atoms with Crippen molar-refractivity contribution < 1.29 is 9.66 Å². The first-order chi connectivity index (χ1) is 13.5. The number of rotatable bonds is 8. The summed E-state index contributed by atoms with van der Waals surface area (Å²) < 4.78 is 7.03. The second kappa shape index (κ2) is 9.38. The molecule has 0 unspecified atom stereocenters. The van der Waals surface area contributed by atoms with Crippen molar-refractivity contribution in [2.45, 2.75) is 23.0 Å². The van der Waals surface area contributed by atoms with E-state index >= 15 is 0 Å². The molecule has 0 aliphatic heterocycles. The number of hydrogen-bond acceptors (Lipinski definition) is 6. The number of benzene rings is 2. The summed E-state index contributed by atoms with van der Waals surface area (Å²) in [7, 11) is 1.63. The standard InChI is InChI=1S/C18H16Cl2N4O3S/c1-27-10-4-9-23-17(13-5-2-3-6-14(13)20)21-22-18(23)28-16-8-7-12(19)11-15(16)24(25)26/h2-3,5-8,11H,4,9-10H2,1H3. The maximum absolute atomic E-state index is 11.4. The second-order valence-electron chi connectivity index (χ2n) is 5.76. The zero-order valence-corrected chi connectivity index (χ0v) is 17.2. The summed E-state index contributed by atoms with van der Waals surface area (Å²) >= 11 is 13.4. The number of aromatic nitrogens is 3. The summed E-state index contributed by atoms with van der Waals surface area (Å²) in [6, 6.07) is 11.9. The maximum Gasteiger partial charge on any atom is 0.284 e. The van der Waals surface area contributed by atoms with Crippen LogP contribution in [0.5, 0.6) is 0 Å². The van der Waals surface area contributed by atoms with Crippen LogP contribution in [-0.2, 0) is 11.3 Å². The van der Waals surface area contributed by atoms with Gasteiger partial charge >= 0.3 is 0 Å². The van der Waals surface area contributed by atoms with Crippen molar-refractivity contribution in [3.8, 4) is 11.4 Å². The Hall–Kier alpha value is -2.13. The van der Waals surface area contributed by atoms with Crippen LogP contribution in [0, 0.1) is 10.1 Å². The first-order valence-corrected chi connectivity index (χ1v) is 9.87. The first-order valence-electron chi connectivity index (χ1n) is 8.30. The monoisotopic (exact) mass is 438 g/mol. The normalized spacial score (nSPS) is 11.0. The molecule has 0 N–H and O–H groups in total. The van der Waals surface area contributed by atoms with Crippen molar-refractivity contribution >= 4 is 40.7 Å². The molecule has 0 radical (unpaired) electrons. The number of halogens is 2. The predicted molar refractivity (Wildman–Crippen MR) is 109 cm³/mol. The van der Waals surface area contributed by atoms with E-state index in [1.807, 2.05) is 22.8 Å². The third-order valence-electron chi connectivity index (χ3n) is 3.88. The number of nitro groups is 1. The molecule has 1 heterocycles. The summed E-state index contributed by atoms with van der Waals surface area (Å²) in [5, 5.41) is 21.3. The Balaban J connectivity index is 2.02. The molecule has 0 saturated carbocycles. The minimum absolute atomic E-state index is 0.0803. The molecular weight excluding hydrogens is 423 g/mol. The van der Waals surface area contributed by atoms with Crippen LogP contribution >= 0.6 is 35.0 Å². The van der Waals surface area contributed by atoms with Gasteiger partial charge in [0.15, 0.2) is 11.0 Å². The molecule has 0 amide bonds. The van der Waals surface area contributed by atoms with Gasteiger partial charge < -0.3 is 9.30 Å². The van der Waals surface area contributed by atoms with Crippen LogP contribution in [0.2, 0.25) is 10.0 Å². The maximum atomic E-state index is 11.4. The Bertz CT molecular complexity index is 997. The fourth-order valence-electron chi connectivity index (χ4n) is 2.59. The Kier molecular flexibility index (Phi) is 6.90. The minimum Gasteiger partial charge on any atom is -0.385 e. The molecule has 2 aromatic carbocycles. The highest BCUT2D eigenvalue weighted by Gasteiger charge is 2.21. The largest absolute Gasteiger partial charge is 0.385 e. The van der Waals surface area contributed by atoms with Gasteiger partial charge in [-0.25, -0.2) is 0 Å². The van der Waals surface area contributed by atoms with Crippen LogP contribution in [0.4, 0.5) is 5.69 Å². The summed E-state index contributed by atoms with van der Waals surface area (Å²) in [6.45, 7) is 1.14. The highest BCUT2D eigenvalue weighted by atomic mass is 35.5. The van der Waals surface area contributed by atoms with E-state index in [0.717, 1.165) is 23.7 Å². The number of ether oxygens (including phenoxy) is 1. The zero-order chi connectivity index (χ0) is 20.1. The van der Waals surface area contributed by atoms with Gasteiger partial charge in [0.2, 0.25) is 0 Å². The van der Waals surface area contributed by atoms with Crippen LogP contribution in [-0.4, -0.2) is 33.4 Å². The number of nitrogens with zero attached hydrogens (tertiary/aromatic N) is 4. The van der Waals surface area contributed by atoms with Gasteiger partial charge in [-0.3, -0.25) is 10.1 Å².